The summed E-state index contributed by atoms with van der Waals surface area (Å²) in [6.07, 6.45) is 3.21. The Kier molecular flexibility index (Phi) is 3.52. The fourth-order valence-electron chi connectivity index (χ4n) is 1.46. The molecular weight excluding hydrogens is 232 g/mol. The summed E-state index contributed by atoms with van der Waals surface area (Å²) < 4.78 is 1.62. The second kappa shape index (κ2) is 5.26. The van der Waals surface area contributed by atoms with Gasteiger partial charge in [-0.15, -0.1) is 0 Å². The van der Waals surface area contributed by atoms with E-state index in [1.165, 1.54) is 0 Å². The first-order chi connectivity index (χ1) is 8.70. The Bertz CT molecular complexity index is 536. The smallest absolute Gasteiger partial charge is 0.274 e. The van der Waals surface area contributed by atoms with E-state index in [-0.39, 0.29) is 11.6 Å². The molecule has 2 aromatic heterocycles. The summed E-state index contributed by atoms with van der Waals surface area (Å²) in [5.41, 5.74) is 7.00. The minimum atomic E-state index is -0.314. The van der Waals surface area contributed by atoms with Gasteiger partial charge in [-0.25, -0.2) is 0 Å². The van der Waals surface area contributed by atoms with Crippen molar-refractivity contribution >= 4 is 11.6 Å². The molecule has 1 amide bonds. The highest BCUT2D eigenvalue weighted by molar-refractivity contribution is 5.96. The van der Waals surface area contributed by atoms with Crippen molar-refractivity contribution in [1.29, 1.82) is 0 Å². The van der Waals surface area contributed by atoms with Crippen molar-refractivity contribution in [1.82, 2.24) is 25.3 Å². The number of rotatable bonds is 4. The molecule has 0 aliphatic heterocycles. The number of nitrogens with zero attached hydrogens (tertiary/aromatic N) is 4. The Morgan fingerprint density at radius 3 is 3.00 bits per heavy atom. The van der Waals surface area contributed by atoms with Gasteiger partial charge in [0, 0.05) is 18.9 Å². The van der Waals surface area contributed by atoms with Gasteiger partial charge in [0.05, 0.1) is 17.9 Å². The van der Waals surface area contributed by atoms with E-state index < -0.39 is 0 Å². The maximum absolute atomic E-state index is 11.9. The number of carbonyl (C=O) groups excluding carboxylic acids is 1. The molecule has 0 bridgehead atoms. The fraction of sp³-hybridized carbons (Fsp3) is 0.273. The molecule has 7 nitrogen and oxygen atoms in total. The van der Waals surface area contributed by atoms with Crippen LogP contribution in [0.15, 0.2) is 24.5 Å². The summed E-state index contributed by atoms with van der Waals surface area (Å²) in [6, 6.07) is 3.54. The molecule has 0 radical (unpaired) electrons. The van der Waals surface area contributed by atoms with Crippen LogP contribution in [0, 0.1) is 0 Å². The topological polar surface area (TPSA) is 98.7 Å². The maximum Gasteiger partial charge on any atom is 0.274 e. The second-order valence-corrected chi connectivity index (χ2v) is 3.69. The third-order valence-electron chi connectivity index (χ3n) is 2.39. The molecule has 94 valence electrons. The number of carbonyl (C=O) groups is 1. The van der Waals surface area contributed by atoms with Crippen molar-refractivity contribution in [2.24, 2.45) is 0 Å². The van der Waals surface area contributed by atoms with Crippen LogP contribution >= 0.6 is 0 Å². The first-order valence-corrected chi connectivity index (χ1v) is 5.58. The lowest BCUT2D eigenvalue weighted by Gasteiger charge is -2.02. The number of nitrogens with one attached hydrogen (secondary N) is 1. The fourth-order valence-corrected chi connectivity index (χ4v) is 1.46. The van der Waals surface area contributed by atoms with Gasteiger partial charge in [-0.3, -0.25) is 9.48 Å². The molecule has 2 rings (SSSR count). The zero-order valence-electron chi connectivity index (χ0n) is 10.00. The predicted octanol–water partition coefficient (Wildman–Crippen LogP) is 0.205. The summed E-state index contributed by atoms with van der Waals surface area (Å²) in [4.78, 5) is 11.9. The molecular formula is C11H14N6O. The highest BCUT2D eigenvalue weighted by Crippen LogP contribution is 2.08. The number of hydrogen-bond acceptors (Lipinski definition) is 5. The highest BCUT2D eigenvalue weighted by atomic mass is 16.2. The molecule has 0 aliphatic rings. The Labute approximate surface area is 104 Å². The number of nitrogens with two attached hydrogens (primary N) is 1. The summed E-state index contributed by atoms with van der Waals surface area (Å²) >= 11 is 0. The minimum Gasteiger partial charge on any atom is -0.396 e. The third kappa shape index (κ3) is 2.62. The first kappa shape index (κ1) is 12.0. The minimum absolute atomic E-state index is 0.237. The van der Waals surface area contributed by atoms with Crippen LogP contribution < -0.4 is 11.1 Å². The summed E-state index contributed by atoms with van der Waals surface area (Å²) in [6.45, 7) is 2.89. The Hall–Kier alpha value is -2.44. The monoisotopic (exact) mass is 246 g/mol. The van der Waals surface area contributed by atoms with Crippen LogP contribution in [0.2, 0.25) is 0 Å². The first-order valence-electron chi connectivity index (χ1n) is 5.58. The van der Waals surface area contributed by atoms with Gasteiger partial charge in [-0.2, -0.15) is 15.3 Å². The summed E-state index contributed by atoms with van der Waals surface area (Å²) in [5, 5.41) is 14.4. The van der Waals surface area contributed by atoms with Crippen molar-refractivity contribution < 1.29 is 4.79 Å². The van der Waals surface area contributed by atoms with E-state index in [1.54, 1.807) is 29.2 Å². The van der Waals surface area contributed by atoms with Crippen LogP contribution in [-0.4, -0.2) is 25.9 Å². The lowest BCUT2D eigenvalue weighted by atomic mass is 10.3. The van der Waals surface area contributed by atoms with Gasteiger partial charge in [-0.1, -0.05) is 0 Å². The molecule has 2 aromatic rings. The molecule has 0 fully saturated rings. The zero-order chi connectivity index (χ0) is 13.0. The van der Waals surface area contributed by atoms with Crippen molar-refractivity contribution in [3.8, 4) is 0 Å². The van der Waals surface area contributed by atoms with Crippen molar-refractivity contribution in [2.75, 3.05) is 5.73 Å². The van der Waals surface area contributed by atoms with Crippen LogP contribution in [0.25, 0.3) is 0 Å². The van der Waals surface area contributed by atoms with Crippen LogP contribution in [-0.2, 0) is 13.1 Å². The van der Waals surface area contributed by atoms with E-state index in [0.717, 1.165) is 0 Å². The normalized spacial score (nSPS) is 10.3. The molecule has 0 atom stereocenters. The van der Waals surface area contributed by atoms with E-state index in [2.05, 4.69) is 20.6 Å². The standard InChI is InChI=1S/C11H14N6O/c1-2-17-7-9(12)10(16-17)11(18)13-6-8-4-3-5-14-15-8/h3-5,7H,2,6,12H2,1H3,(H,13,18). The molecule has 0 spiro atoms. The van der Waals surface area contributed by atoms with Gasteiger partial charge in [0.25, 0.3) is 5.91 Å². The largest absolute Gasteiger partial charge is 0.396 e. The van der Waals surface area contributed by atoms with E-state index in [9.17, 15) is 4.79 Å². The molecule has 18 heavy (non-hydrogen) atoms. The van der Waals surface area contributed by atoms with Gasteiger partial charge < -0.3 is 11.1 Å². The molecule has 0 aromatic carbocycles. The number of hydrogen-bond donors (Lipinski definition) is 2. The summed E-state index contributed by atoms with van der Waals surface area (Å²) in [7, 11) is 0. The molecule has 0 saturated heterocycles. The molecule has 7 heteroatoms. The van der Waals surface area contributed by atoms with Gasteiger partial charge >= 0.3 is 0 Å². The Balaban J connectivity index is 2.01. The van der Waals surface area contributed by atoms with E-state index in [4.69, 9.17) is 5.73 Å². The van der Waals surface area contributed by atoms with Crippen molar-refractivity contribution in [3.63, 3.8) is 0 Å². The highest BCUT2D eigenvalue weighted by Gasteiger charge is 2.14. The lowest BCUT2D eigenvalue weighted by Crippen LogP contribution is -2.24. The Morgan fingerprint density at radius 2 is 2.39 bits per heavy atom. The van der Waals surface area contributed by atoms with Crippen LogP contribution in [0.3, 0.4) is 0 Å². The molecule has 0 aliphatic carbocycles. The molecule has 3 N–H and O–H groups in total. The SMILES string of the molecule is CCn1cc(N)c(C(=O)NCc2cccnn2)n1. The second-order valence-electron chi connectivity index (χ2n) is 3.69. The van der Waals surface area contributed by atoms with Crippen LogP contribution in [0.4, 0.5) is 5.69 Å². The maximum atomic E-state index is 11.9. The summed E-state index contributed by atoms with van der Waals surface area (Å²) in [5.74, 6) is -0.314. The van der Waals surface area contributed by atoms with E-state index in [1.807, 2.05) is 6.92 Å². The number of aromatic nitrogens is 4. The lowest BCUT2D eigenvalue weighted by molar-refractivity contribution is 0.0945. The molecule has 0 saturated carbocycles. The van der Waals surface area contributed by atoms with Gasteiger partial charge in [0.2, 0.25) is 0 Å². The average Bonchev–Trinajstić information content (AvgIpc) is 2.78. The van der Waals surface area contributed by atoms with Gasteiger partial charge in [-0.05, 0) is 19.1 Å². The predicted molar refractivity (Wildman–Crippen MR) is 65.5 cm³/mol. The third-order valence-corrected chi connectivity index (χ3v) is 2.39. The number of nitrogen functional groups attached to an aromatic ring is 1. The zero-order valence-corrected chi connectivity index (χ0v) is 10.00. The number of amides is 1. The number of anilines is 1. The van der Waals surface area contributed by atoms with Crippen molar-refractivity contribution in [2.45, 2.75) is 20.0 Å². The van der Waals surface area contributed by atoms with Crippen LogP contribution in [0.1, 0.15) is 23.1 Å². The van der Waals surface area contributed by atoms with Crippen molar-refractivity contribution in [3.05, 3.63) is 35.9 Å². The molecule has 2 heterocycles. The quantitative estimate of drug-likeness (QED) is 0.803. The van der Waals surface area contributed by atoms with E-state index in [0.29, 0.717) is 24.5 Å². The Morgan fingerprint density at radius 1 is 1.56 bits per heavy atom. The average molecular weight is 246 g/mol. The van der Waals surface area contributed by atoms with E-state index >= 15 is 0 Å². The van der Waals surface area contributed by atoms with Gasteiger partial charge in [0.15, 0.2) is 5.69 Å². The molecule has 0 unspecified atom stereocenters. The van der Waals surface area contributed by atoms with Gasteiger partial charge in [0.1, 0.15) is 0 Å². The number of aryl methyl sites for hydroxylation is 1. The van der Waals surface area contributed by atoms with Crippen LogP contribution in [0.5, 0.6) is 0 Å².